The summed E-state index contributed by atoms with van der Waals surface area (Å²) in [7, 11) is 0. The third-order valence-electron chi connectivity index (χ3n) is 3.06. The van der Waals surface area contributed by atoms with Crippen molar-refractivity contribution < 1.29 is 19.8 Å². The average Bonchev–Trinajstić information content (AvgIpc) is 2.72. The second-order valence-corrected chi connectivity index (χ2v) is 4.68. The molecule has 6 nitrogen and oxygen atoms in total. The van der Waals surface area contributed by atoms with Crippen LogP contribution in [0.3, 0.4) is 0 Å². The Morgan fingerprint density at radius 3 is 2.59 bits per heavy atom. The van der Waals surface area contributed by atoms with Gasteiger partial charge >= 0.3 is 12.0 Å². The van der Waals surface area contributed by atoms with E-state index in [1.54, 1.807) is 13.8 Å². The highest BCUT2D eigenvalue weighted by Gasteiger charge is 2.31. The van der Waals surface area contributed by atoms with Crippen molar-refractivity contribution in [3.8, 4) is 0 Å². The number of carboxylic acid groups (broad SMARTS) is 1. The Kier molecular flexibility index (Phi) is 4.74. The van der Waals surface area contributed by atoms with Crippen LogP contribution in [0.2, 0.25) is 0 Å². The minimum atomic E-state index is -1.03. The molecule has 98 valence electrons. The van der Waals surface area contributed by atoms with Gasteiger partial charge in [0.1, 0.15) is 6.04 Å². The zero-order valence-corrected chi connectivity index (χ0v) is 10.2. The standard InChI is InChI=1S/C11H20N2O4/c1-7(2)9(10(15)16)12-11(17)13-5-3-4-8(13)6-14/h7-9,14H,3-6H2,1-2H3,(H,12,17)(H,15,16)/t8?,9-/m1/s1. The van der Waals surface area contributed by atoms with E-state index in [-0.39, 0.29) is 18.6 Å². The van der Waals surface area contributed by atoms with Crippen molar-refractivity contribution in [3.05, 3.63) is 0 Å². The van der Waals surface area contributed by atoms with Crippen LogP contribution >= 0.6 is 0 Å². The van der Waals surface area contributed by atoms with Crippen LogP contribution in [0.4, 0.5) is 4.79 Å². The normalized spacial score (nSPS) is 21.6. The molecule has 1 aliphatic rings. The third-order valence-corrected chi connectivity index (χ3v) is 3.06. The van der Waals surface area contributed by atoms with Crippen LogP contribution < -0.4 is 5.32 Å². The van der Waals surface area contributed by atoms with Gasteiger partial charge in [0.15, 0.2) is 0 Å². The van der Waals surface area contributed by atoms with Gasteiger partial charge in [-0.2, -0.15) is 0 Å². The summed E-state index contributed by atoms with van der Waals surface area (Å²) in [4.78, 5) is 24.3. The first kappa shape index (κ1) is 13.8. The molecule has 1 saturated heterocycles. The summed E-state index contributed by atoms with van der Waals surface area (Å²) in [6.07, 6.45) is 1.61. The van der Waals surface area contributed by atoms with Crippen molar-refractivity contribution in [2.45, 2.75) is 38.8 Å². The summed E-state index contributed by atoms with van der Waals surface area (Å²) in [5.74, 6) is -1.21. The van der Waals surface area contributed by atoms with Gasteiger partial charge in [-0.15, -0.1) is 0 Å². The first-order valence-electron chi connectivity index (χ1n) is 5.88. The van der Waals surface area contributed by atoms with Gasteiger partial charge in [-0.1, -0.05) is 13.8 Å². The number of carboxylic acids is 1. The zero-order chi connectivity index (χ0) is 13.0. The van der Waals surface area contributed by atoms with E-state index in [1.165, 1.54) is 4.90 Å². The molecule has 0 aliphatic carbocycles. The van der Waals surface area contributed by atoms with Crippen LogP contribution in [-0.4, -0.2) is 52.3 Å². The Morgan fingerprint density at radius 2 is 2.12 bits per heavy atom. The molecule has 0 aromatic rings. The summed E-state index contributed by atoms with van der Waals surface area (Å²) < 4.78 is 0. The second kappa shape index (κ2) is 5.86. The predicted molar refractivity (Wildman–Crippen MR) is 61.6 cm³/mol. The lowest BCUT2D eigenvalue weighted by atomic mass is 10.1. The molecule has 2 amide bonds. The zero-order valence-electron chi connectivity index (χ0n) is 10.2. The predicted octanol–water partition coefficient (Wildman–Crippen LogP) is 0.262. The smallest absolute Gasteiger partial charge is 0.326 e. The highest BCUT2D eigenvalue weighted by atomic mass is 16.4. The van der Waals surface area contributed by atoms with Crippen LogP contribution in [0, 0.1) is 5.92 Å². The molecule has 0 saturated carbocycles. The second-order valence-electron chi connectivity index (χ2n) is 4.68. The molecule has 1 heterocycles. The Morgan fingerprint density at radius 1 is 1.47 bits per heavy atom. The maximum Gasteiger partial charge on any atom is 0.326 e. The Labute approximate surface area is 101 Å². The number of hydrogen-bond acceptors (Lipinski definition) is 3. The lowest BCUT2D eigenvalue weighted by molar-refractivity contribution is -0.140. The van der Waals surface area contributed by atoms with Gasteiger partial charge in [0.25, 0.3) is 0 Å². The summed E-state index contributed by atoms with van der Waals surface area (Å²) in [5, 5.41) is 20.6. The molecule has 3 N–H and O–H groups in total. The lowest BCUT2D eigenvalue weighted by Crippen LogP contribution is -2.51. The fraction of sp³-hybridized carbons (Fsp3) is 0.818. The SMILES string of the molecule is CC(C)[C@@H](NC(=O)N1CCCC1CO)C(=O)O. The van der Waals surface area contributed by atoms with Crippen LogP contribution in [0.5, 0.6) is 0 Å². The highest BCUT2D eigenvalue weighted by molar-refractivity contribution is 5.83. The number of amides is 2. The van der Waals surface area contributed by atoms with E-state index in [4.69, 9.17) is 10.2 Å². The molecule has 1 fully saturated rings. The number of rotatable bonds is 4. The monoisotopic (exact) mass is 244 g/mol. The van der Waals surface area contributed by atoms with Gasteiger partial charge in [-0.05, 0) is 18.8 Å². The quantitative estimate of drug-likeness (QED) is 0.661. The fourth-order valence-corrected chi connectivity index (χ4v) is 2.02. The molecule has 17 heavy (non-hydrogen) atoms. The van der Waals surface area contributed by atoms with Crippen molar-refractivity contribution >= 4 is 12.0 Å². The topological polar surface area (TPSA) is 89.9 Å². The molecule has 1 rings (SSSR count). The summed E-state index contributed by atoms with van der Waals surface area (Å²) >= 11 is 0. The van der Waals surface area contributed by atoms with E-state index in [2.05, 4.69) is 5.32 Å². The molecule has 0 aromatic carbocycles. The van der Waals surface area contributed by atoms with Gasteiger partial charge in [0.2, 0.25) is 0 Å². The van der Waals surface area contributed by atoms with Gasteiger partial charge in [-0.25, -0.2) is 9.59 Å². The van der Waals surface area contributed by atoms with E-state index in [0.717, 1.165) is 12.8 Å². The molecule has 1 unspecified atom stereocenters. The molecular formula is C11H20N2O4. The molecule has 1 aliphatic heterocycles. The number of carbonyl (C=O) groups excluding carboxylic acids is 1. The highest BCUT2D eigenvalue weighted by Crippen LogP contribution is 2.17. The lowest BCUT2D eigenvalue weighted by Gasteiger charge is -2.26. The number of likely N-dealkylation sites (tertiary alicyclic amines) is 1. The van der Waals surface area contributed by atoms with Crippen LogP contribution in [0.1, 0.15) is 26.7 Å². The number of aliphatic hydroxyl groups is 1. The molecule has 0 spiro atoms. The fourth-order valence-electron chi connectivity index (χ4n) is 2.02. The van der Waals surface area contributed by atoms with Crippen LogP contribution in [0.15, 0.2) is 0 Å². The Bertz CT molecular complexity index is 293. The molecule has 6 heteroatoms. The van der Waals surface area contributed by atoms with Crippen molar-refractivity contribution in [3.63, 3.8) is 0 Å². The Hall–Kier alpha value is -1.30. The molecule has 0 aromatic heterocycles. The number of aliphatic hydroxyl groups excluding tert-OH is 1. The Balaban J connectivity index is 2.61. The average molecular weight is 244 g/mol. The van der Waals surface area contributed by atoms with E-state index < -0.39 is 18.0 Å². The van der Waals surface area contributed by atoms with Gasteiger partial charge in [0, 0.05) is 6.54 Å². The number of carbonyl (C=O) groups is 2. The minimum Gasteiger partial charge on any atom is -0.480 e. The van der Waals surface area contributed by atoms with E-state index in [1.807, 2.05) is 0 Å². The van der Waals surface area contributed by atoms with Crippen molar-refractivity contribution in [1.29, 1.82) is 0 Å². The molecule has 0 radical (unpaired) electrons. The van der Waals surface area contributed by atoms with Gasteiger partial charge in [-0.3, -0.25) is 0 Å². The van der Waals surface area contributed by atoms with E-state index in [9.17, 15) is 9.59 Å². The number of aliphatic carboxylic acids is 1. The summed E-state index contributed by atoms with van der Waals surface area (Å²) in [6, 6.07) is -1.47. The maximum atomic E-state index is 11.9. The van der Waals surface area contributed by atoms with Crippen LogP contribution in [-0.2, 0) is 4.79 Å². The van der Waals surface area contributed by atoms with Crippen molar-refractivity contribution in [1.82, 2.24) is 10.2 Å². The minimum absolute atomic E-state index is 0.0766. The first-order chi connectivity index (χ1) is 7.97. The van der Waals surface area contributed by atoms with Gasteiger partial charge < -0.3 is 20.4 Å². The number of urea groups is 1. The summed E-state index contributed by atoms with van der Waals surface area (Å²) in [6.45, 7) is 3.98. The summed E-state index contributed by atoms with van der Waals surface area (Å²) in [5.41, 5.74) is 0. The van der Waals surface area contributed by atoms with E-state index >= 15 is 0 Å². The van der Waals surface area contributed by atoms with E-state index in [0.29, 0.717) is 6.54 Å². The number of nitrogens with one attached hydrogen (secondary N) is 1. The third kappa shape index (κ3) is 3.33. The number of hydrogen-bond donors (Lipinski definition) is 3. The molecule has 2 atom stereocenters. The van der Waals surface area contributed by atoms with Crippen molar-refractivity contribution in [2.24, 2.45) is 5.92 Å². The maximum absolute atomic E-state index is 11.9. The largest absolute Gasteiger partial charge is 0.480 e. The van der Waals surface area contributed by atoms with Crippen molar-refractivity contribution in [2.75, 3.05) is 13.2 Å². The van der Waals surface area contributed by atoms with Gasteiger partial charge in [0.05, 0.1) is 12.6 Å². The number of nitrogens with zero attached hydrogens (tertiary/aromatic N) is 1. The molecular weight excluding hydrogens is 224 g/mol. The molecule has 0 bridgehead atoms. The first-order valence-corrected chi connectivity index (χ1v) is 5.88. The van der Waals surface area contributed by atoms with Crippen LogP contribution in [0.25, 0.3) is 0 Å².